The number of hydrogen-bond donors (Lipinski definition) is 0. The first-order valence-electron chi connectivity index (χ1n) is 20.4. The van der Waals surface area contributed by atoms with Gasteiger partial charge in [-0.3, -0.25) is 4.40 Å². The number of hydrogen-bond acceptors (Lipinski definition) is 1. The summed E-state index contributed by atoms with van der Waals surface area (Å²) in [7, 11) is 0. The zero-order chi connectivity index (χ0) is 38.1. The van der Waals surface area contributed by atoms with Crippen LogP contribution in [0.4, 0.5) is 0 Å². The van der Waals surface area contributed by atoms with Gasteiger partial charge in [0.15, 0.2) is 0 Å². The molecule has 0 radical (unpaired) electrons. The van der Waals surface area contributed by atoms with Gasteiger partial charge in [0, 0.05) is 59.7 Å². The summed E-state index contributed by atoms with van der Waals surface area (Å²) in [4.78, 5) is 5.71. The van der Waals surface area contributed by atoms with Gasteiger partial charge in [-0.1, -0.05) is 133 Å². The number of benzene rings is 9. The molecule has 4 heteroatoms. The molecule has 9 aromatic carbocycles. The fourth-order valence-corrected chi connectivity index (χ4v) is 11.1. The van der Waals surface area contributed by atoms with Gasteiger partial charge >= 0.3 is 0 Å². The Balaban J connectivity index is 1.10. The van der Waals surface area contributed by atoms with E-state index in [0.29, 0.717) is 0 Å². The highest BCUT2D eigenvalue weighted by Crippen LogP contribution is 2.48. The van der Waals surface area contributed by atoms with E-state index >= 15 is 0 Å². The molecule has 6 heterocycles. The molecule has 4 nitrogen and oxygen atoms in total. The van der Waals surface area contributed by atoms with Crippen LogP contribution in [0.3, 0.4) is 0 Å². The molecule has 0 amide bonds. The van der Waals surface area contributed by atoms with Crippen LogP contribution in [0, 0.1) is 0 Å². The van der Waals surface area contributed by atoms with Crippen molar-refractivity contribution < 1.29 is 0 Å². The van der Waals surface area contributed by atoms with E-state index < -0.39 is 0 Å². The Kier molecular flexibility index (Phi) is 5.38. The number of para-hydroxylation sites is 4. The molecule has 0 aliphatic rings. The van der Waals surface area contributed by atoms with Crippen LogP contribution in [-0.2, 0) is 0 Å². The second-order valence-corrected chi connectivity index (χ2v) is 16.3. The summed E-state index contributed by atoms with van der Waals surface area (Å²) < 4.78 is 7.37. The maximum atomic E-state index is 5.71. The predicted octanol–water partition coefficient (Wildman–Crippen LogP) is 14.5. The zero-order valence-corrected chi connectivity index (χ0v) is 31.6. The van der Waals surface area contributed by atoms with Gasteiger partial charge in [0.25, 0.3) is 0 Å². The van der Waals surface area contributed by atoms with Gasteiger partial charge < -0.3 is 8.97 Å². The first-order valence-corrected chi connectivity index (χ1v) is 20.4. The third kappa shape index (κ3) is 3.60. The maximum absolute atomic E-state index is 5.71. The molecule has 0 unspecified atom stereocenters. The minimum absolute atomic E-state index is 1.01. The van der Waals surface area contributed by atoms with Gasteiger partial charge in [0.05, 0.1) is 44.1 Å². The molecule has 0 saturated carbocycles. The topological polar surface area (TPSA) is 26.6 Å². The third-order valence-electron chi connectivity index (χ3n) is 13.4. The monoisotopic (exact) mass is 746 g/mol. The van der Waals surface area contributed by atoms with E-state index in [1.165, 1.54) is 114 Å². The van der Waals surface area contributed by atoms with Crippen molar-refractivity contribution in [3.05, 3.63) is 182 Å². The van der Waals surface area contributed by atoms with Crippen molar-refractivity contribution >= 4 is 120 Å². The van der Waals surface area contributed by atoms with Gasteiger partial charge in [-0.25, -0.2) is 4.98 Å². The largest absolute Gasteiger partial charge is 0.309 e. The number of rotatable bonds is 2. The van der Waals surface area contributed by atoms with Gasteiger partial charge in [0.1, 0.15) is 5.65 Å². The van der Waals surface area contributed by atoms with Gasteiger partial charge in [0.2, 0.25) is 0 Å². The fourth-order valence-electron chi connectivity index (χ4n) is 11.1. The molecule has 0 bridgehead atoms. The predicted molar refractivity (Wildman–Crippen MR) is 248 cm³/mol. The Bertz CT molecular complexity index is 4300. The quantitative estimate of drug-likeness (QED) is 0.173. The summed E-state index contributed by atoms with van der Waals surface area (Å²) in [5.41, 5.74) is 14.1. The van der Waals surface area contributed by atoms with Crippen molar-refractivity contribution in [1.82, 2.24) is 18.4 Å². The molecule has 0 N–H and O–H groups in total. The number of aromatic nitrogens is 4. The minimum atomic E-state index is 1.01. The summed E-state index contributed by atoms with van der Waals surface area (Å²) in [5, 5.41) is 16.2. The maximum Gasteiger partial charge on any atom is 0.146 e. The Morgan fingerprint density at radius 2 is 1.00 bits per heavy atom. The molecule has 270 valence electrons. The highest BCUT2D eigenvalue weighted by Gasteiger charge is 2.26. The van der Waals surface area contributed by atoms with Crippen molar-refractivity contribution in [3.63, 3.8) is 0 Å². The smallest absolute Gasteiger partial charge is 0.146 e. The standard InChI is InChI=1S/C55H30N4/c1-2-14-34(15-3-1)57-45-23-9-8-18-37(45)42-29-33(25-26-46(42)57)49-36-17-7-5-13-32(36)28-43-38-19-11-22-41-51-48(58(53(38)41)54(43)49)30-44-39-20-10-21-40-50-35-16-6-4-12-31(35)24-27-47(50)59(52(39)40)55(44)56-51/h1-30H. The Morgan fingerprint density at radius 3 is 1.88 bits per heavy atom. The lowest BCUT2D eigenvalue weighted by atomic mass is 9.93. The average Bonchev–Trinajstić information content (AvgIpc) is 4.08. The van der Waals surface area contributed by atoms with E-state index in [1.54, 1.807) is 0 Å². The lowest BCUT2D eigenvalue weighted by Gasteiger charge is -2.12. The summed E-state index contributed by atoms with van der Waals surface area (Å²) in [6, 6.07) is 67.2. The van der Waals surface area contributed by atoms with Crippen molar-refractivity contribution in [2.45, 2.75) is 0 Å². The van der Waals surface area contributed by atoms with E-state index in [9.17, 15) is 0 Å². The first kappa shape index (κ1) is 30.2. The fraction of sp³-hybridized carbons (Fsp3) is 0. The van der Waals surface area contributed by atoms with E-state index in [0.717, 1.165) is 22.4 Å². The SMILES string of the molecule is c1ccc(-n2c3ccccc3c3cc(-c4c5ccccc5cc5c6cccc7c8nc9c(cc8n(c45)c67)c4cccc5c6c7ccccc7ccc6n9c45)ccc32)cc1. The summed E-state index contributed by atoms with van der Waals surface area (Å²) in [5.74, 6) is 0. The summed E-state index contributed by atoms with van der Waals surface area (Å²) in [6.45, 7) is 0. The highest BCUT2D eigenvalue weighted by atomic mass is 15.0. The molecule has 0 aliphatic heterocycles. The van der Waals surface area contributed by atoms with E-state index in [1.807, 2.05) is 0 Å². The van der Waals surface area contributed by atoms with Crippen LogP contribution >= 0.6 is 0 Å². The lowest BCUT2D eigenvalue weighted by Crippen LogP contribution is -1.93. The Labute approximate surface area is 335 Å². The molecule has 15 rings (SSSR count). The van der Waals surface area contributed by atoms with Gasteiger partial charge in [-0.15, -0.1) is 0 Å². The molecule has 6 aromatic heterocycles. The van der Waals surface area contributed by atoms with Crippen LogP contribution in [0.25, 0.3) is 137 Å². The van der Waals surface area contributed by atoms with E-state index in [2.05, 4.69) is 195 Å². The molecule has 0 saturated heterocycles. The average molecular weight is 747 g/mol. The Morgan fingerprint density at radius 1 is 0.339 bits per heavy atom. The van der Waals surface area contributed by atoms with Crippen molar-refractivity contribution in [2.24, 2.45) is 0 Å². The molecule has 59 heavy (non-hydrogen) atoms. The van der Waals surface area contributed by atoms with Crippen LogP contribution in [0.1, 0.15) is 0 Å². The van der Waals surface area contributed by atoms with Crippen LogP contribution < -0.4 is 0 Å². The zero-order valence-electron chi connectivity index (χ0n) is 31.6. The highest BCUT2D eigenvalue weighted by molar-refractivity contribution is 6.32. The Hall–Kier alpha value is -7.95. The molecule has 0 aliphatic carbocycles. The van der Waals surface area contributed by atoms with Crippen LogP contribution in [0.5, 0.6) is 0 Å². The number of fused-ring (bicyclic) bond motifs is 18. The summed E-state index contributed by atoms with van der Waals surface area (Å²) >= 11 is 0. The van der Waals surface area contributed by atoms with E-state index in [-0.39, 0.29) is 0 Å². The molecule has 0 fully saturated rings. The summed E-state index contributed by atoms with van der Waals surface area (Å²) in [6.07, 6.45) is 0. The second-order valence-electron chi connectivity index (χ2n) is 16.3. The molecule has 0 spiro atoms. The second kappa shape index (κ2) is 10.5. The minimum Gasteiger partial charge on any atom is -0.309 e. The van der Waals surface area contributed by atoms with Crippen LogP contribution in [0.15, 0.2) is 182 Å². The van der Waals surface area contributed by atoms with Crippen LogP contribution in [0.2, 0.25) is 0 Å². The normalized spacial score (nSPS) is 12.7. The van der Waals surface area contributed by atoms with Crippen molar-refractivity contribution in [3.8, 4) is 16.8 Å². The third-order valence-corrected chi connectivity index (χ3v) is 13.4. The molecule has 15 aromatic rings. The van der Waals surface area contributed by atoms with Gasteiger partial charge in [-0.2, -0.15) is 0 Å². The van der Waals surface area contributed by atoms with Gasteiger partial charge in [-0.05, 0) is 75.6 Å². The van der Waals surface area contributed by atoms with Crippen molar-refractivity contribution in [2.75, 3.05) is 0 Å². The lowest BCUT2D eigenvalue weighted by molar-refractivity contribution is 1.18. The number of nitrogens with zero attached hydrogens (tertiary/aromatic N) is 4. The first-order chi connectivity index (χ1) is 29.3. The molecular formula is C55H30N4. The van der Waals surface area contributed by atoms with Crippen LogP contribution in [-0.4, -0.2) is 18.4 Å². The molecular weight excluding hydrogens is 717 g/mol. The van der Waals surface area contributed by atoms with Crippen molar-refractivity contribution in [1.29, 1.82) is 0 Å². The number of pyridine rings is 1. The molecule has 0 atom stereocenters. The van der Waals surface area contributed by atoms with E-state index in [4.69, 9.17) is 4.98 Å².